The third-order valence-corrected chi connectivity index (χ3v) is 8.96. The number of hydrogen-bond acceptors (Lipinski definition) is 6. The summed E-state index contributed by atoms with van der Waals surface area (Å²) in [5, 5.41) is 5.36. The highest BCUT2D eigenvalue weighted by Gasteiger charge is 2.39. The van der Waals surface area contributed by atoms with Crippen molar-refractivity contribution in [2.75, 3.05) is 31.7 Å². The molecule has 254 valence electrons. The molecule has 14 heteroatoms. The summed E-state index contributed by atoms with van der Waals surface area (Å²) < 4.78 is 88.5. The number of carbonyl (C=O) groups is 2. The molecule has 0 radical (unpaired) electrons. The number of imidazole rings is 1. The fourth-order valence-electron chi connectivity index (χ4n) is 6.33. The number of alkyl halides is 3. The Kier molecular flexibility index (Phi) is 7.82. The van der Waals surface area contributed by atoms with Gasteiger partial charge < -0.3 is 29.1 Å². The largest absolute Gasteiger partial charge is 0.490 e. The summed E-state index contributed by atoms with van der Waals surface area (Å²) in [5.74, 6) is -3.41. The molecule has 0 saturated carbocycles. The highest BCUT2D eigenvalue weighted by Crippen LogP contribution is 2.48. The number of nitrogens with zero attached hydrogens (tertiary/aromatic N) is 3. The van der Waals surface area contributed by atoms with E-state index in [4.69, 9.17) is 9.47 Å². The first-order chi connectivity index (χ1) is 23.3. The molecule has 1 amide bonds. The van der Waals surface area contributed by atoms with E-state index in [1.807, 2.05) is 6.92 Å². The molecule has 2 aliphatic rings. The molecule has 9 nitrogen and oxygen atoms in total. The van der Waals surface area contributed by atoms with Gasteiger partial charge in [-0.25, -0.2) is 13.8 Å². The van der Waals surface area contributed by atoms with E-state index in [0.29, 0.717) is 36.7 Å². The number of aryl methyl sites for hydroxylation is 2. The number of fused-ring (bicyclic) bond motifs is 4. The van der Waals surface area contributed by atoms with Gasteiger partial charge in [0.2, 0.25) is 11.7 Å². The van der Waals surface area contributed by atoms with Gasteiger partial charge in [-0.3, -0.25) is 9.59 Å². The Morgan fingerprint density at radius 2 is 1.86 bits per heavy atom. The SMILES string of the molecule is Cc1nc2c3c(c(C(F)(F)F)cc2n1C)-c1cccn2c(C(=O)c4cc(F)c(NC(=O)/C=C/CNC5(C)COC5)c(F)c4)cc(c12)CCO3. The van der Waals surface area contributed by atoms with E-state index in [0.717, 1.165) is 24.3 Å². The first-order valence-electron chi connectivity index (χ1n) is 15.4. The molecule has 7 rings (SSSR count). The molecule has 2 aliphatic heterocycles. The first kappa shape index (κ1) is 32.5. The molecule has 49 heavy (non-hydrogen) atoms. The number of benzene rings is 2. The van der Waals surface area contributed by atoms with Crippen LogP contribution in [0.3, 0.4) is 0 Å². The monoisotopic (exact) mass is 679 g/mol. The zero-order valence-electron chi connectivity index (χ0n) is 26.6. The minimum Gasteiger partial charge on any atom is -0.490 e. The van der Waals surface area contributed by atoms with Crippen molar-refractivity contribution in [1.29, 1.82) is 0 Å². The highest BCUT2D eigenvalue weighted by atomic mass is 19.4. The number of aromatic nitrogens is 3. The number of anilines is 1. The van der Waals surface area contributed by atoms with Crippen molar-refractivity contribution in [2.45, 2.75) is 32.0 Å². The average molecular weight is 680 g/mol. The molecule has 1 fully saturated rings. The zero-order chi connectivity index (χ0) is 34.8. The van der Waals surface area contributed by atoms with Crippen LogP contribution in [0.2, 0.25) is 0 Å². The Balaban J connectivity index is 1.25. The molecule has 2 N–H and O–H groups in total. The zero-order valence-corrected chi connectivity index (χ0v) is 26.6. The Morgan fingerprint density at radius 1 is 1.12 bits per heavy atom. The molecule has 5 heterocycles. The predicted octanol–water partition coefficient (Wildman–Crippen LogP) is 6.14. The van der Waals surface area contributed by atoms with Crippen molar-refractivity contribution in [2.24, 2.45) is 7.05 Å². The lowest BCUT2D eigenvalue weighted by atomic mass is 9.94. The molecule has 0 unspecified atom stereocenters. The van der Waals surface area contributed by atoms with Crippen LogP contribution in [0.15, 0.2) is 54.7 Å². The summed E-state index contributed by atoms with van der Waals surface area (Å²) in [7, 11) is 1.62. The molecule has 0 atom stereocenters. The fourth-order valence-corrected chi connectivity index (χ4v) is 6.33. The van der Waals surface area contributed by atoms with Crippen LogP contribution in [-0.4, -0.2) is 57.5 Å². The van der Waals surface area contributed by atoms with Gasteiger partial charge in [-0.1, -0.05) is 12.1 Å². The minimum absolute atomic E-state index is 0.0171. The van der Waals surface area contributed by atoms with Gasteiger partial charge >= 0.3 is 6.18 Å². The van der Waals surface area contributed by atoms with E-state index < -0.39 is 40.8 Å². The fraction of sp³-hybridized carbons (Fsp3) is 0.286. The van der Waals surface area contributed by atoms with Crippen LogP contribution >= 0.6 is 0 Å². The second-order valence-electron chi connectivity index (χ2n) is 12.5. The normalized spacial score (nSPS) is 15.5. The summed E-state index contributed by atoms with van der Waals surface area (Å²) in [6, 6.07) is 7.16. The number of pyridine rings is 1. The second kappa shape index (κ2) is 11.8. The number of carbonyl (C=O) groups excluding carboxylic acids is 2. The van der Waals surface area contributed by atoms with Crippen LogP contribution in [0.4, 0.5) is 27.6 Å². The van der Waals surface area contributed by atoms with Crippen molar-refractivity contribution in [3.8, 4) is 16.9 Å². The molecule has 0 bridgehead atoms. The topological polar surface area (TPSA) is 98.9 Å². The maximum Gasteiger partial charge on any atom is 0.417 e. The van der Waals surface area contributed by atoms with E-state index in [-0.39, 0.29) is 57.7 Å². The summed E-state index contributed by atoms with van der Waals surface area (Å²) in [4.78, 5) is 30.7. The van der Waals surface area contributed by atoms with Crippen LogP contribution in [0.5, 0.6) is 5.75 Å². The summed E-state index contributed by atoms with van der Waals surface area (Å²) >= 11 is 0. The van der Waals surface area contributed by atoms with Crippen LogP contribution in [0.25, 0.3) is 27.7 Å². The van der Waals surface area contributed by atoms with E-state index in [1.54, 1.807) is 18.5 Å². The Morgan fingerprint density at radius 3 is 2.53 bits per heavy atom. The van der Waals surface area contributed by atoms with Crippen molar-refractivity contribution in [3.05, 3.63) is 94.6 Å². The lowest BCUT2D eigenvalue weighted by Gasteiger charge is -2.38. The highest BCUT2D eigenvalue weighted by molar-refractivity contribution is 6.10. The molecule has 2 aromatic carbocycles. The third-order valence-electron chi connectivity index (χ3n) is 8.96. The van der Waals surface area contributed by atoms with Crippen molar-refractivity contribution in [1.82, 2.24) is 19.3 Å². The Labute approximate surface area is 276 Å². The lowest BCUT2D eigenvalue weighted by Crippen LogP contribution is -2.58. The molecular weight excluding hydrogens is 649 g/mol. The lowest BCUT2D eigenvalue weighted by molar-refractivity contribution is -0.137. The van der Waals surface area contributed by atoms with Gasteiger partial charge in [-0.15, -0.1) is 0 Å². The third kappa shape index (κ3) is 5.64. The number of amides is 1. The number of rotatable bonds is 7. The molecular formula is C35H30F5N5O4. The smallest absolute Gasteiger partial charge is 0.417 e. The Bertz CT molecular complexity index is 2190. The van der Waals surface area contributed by atoms with E-state index in [2.05, 4.69) is 15.6 Å². The van der Waals surface area contributed by atoms with Crippen LogP contribution < -0.4 is 15.4 Å². The summed E-state index contributed by atoms with van der Waals surface area (Å²) in [6.45, 7) is 5.03. The van der Waals surface area contributed by atoms with Crippen LogP contribution in [0, 0.1) is 18.6 Å². The number of nitrogens with one attached hydrogen (secondary N) is 2. The van der Waals surface area contributed by atoms with Crippen molar-refractivity contribution < 1.29 is 41.0 Å². The molecule has 1 saturated heterocycles. The van der Waals surface area contributed by atoms with Gasteiger partial charge in [0, 0.05) is 49.0 Å². The van der Waals surface area contributed by atoms with Crippen molar-refractivity contribution >= 4 is 33.9 Å². The van der Waals surface area contributed by atoms with E-state index >= 15 is 8.78 Å². The first-order valence-corrected chi connectivity index (χ1v) is 15.4. The number of ether oxygens (including phenoxy) is 2. The predicted molar refractivity (Wildman–Crippen MR) is 171 cm³/mol. The average Bonchev–Trinajstić information content (AvgIpc) is 3.54. The minimum atomic E-state index is -4.76. The quantitative estimate of drug-likeness (QED) is 0.122. The summed E-state index contributed by atoms with van der Waals surface area (Å²) in [5.41, 5.74) is -0.886. The van der Waals surface area contributed by atoms with Gasteiger partial charge in [0.15, 0.2) is 5.75 Å². The van der Waals surface area contributed by atoms with E-state index in [9.17, 15) is 22.8 Å². The number of ketones is 1. The van der Waals surface area contributed by atoms with Crippen LogP contribution in [0.1, 0.15) is 39.9 Å². The maximum absolute atomic E-state index is 15.2. The van der Waals surface area contributed by atoms with Crippen molar-refractivity contribution in [3.63, 3.8) is 0 Å². The number of hydrogen-bond donors (Lipinski definition) is 2. The second-order valence-corrected chi connectivity index (χ2v) is 12.5. The van der Waals surface area contributed by atoms with Crippen LogP contribution in [-0.2, 0) is 29.2 Å². The number of halogens is 5. The molecule has 0 spiro atoms. The maximum atomic E-state index is 15.2. The van der Waals surface area contributed by atoms with Gasteiger partial charge in [0.05, 0.1) is 47.7 Å². The van der Waals surface area contributed by atoms with Gasteiger partial charge in [-0.05, 0) is 49.7 Å². The molecule has 3 aromatic heterocycles. The van der Waals surface area contributed by atoms with Gasteiger partial charge in [0.25, 0.3) is 0 Å². The van der Waals surface area contributed by atoms with Gasteiger partial charge in [-0.2, -0.15) is 13.2 Å². The summed E-state index contributed by atoms with van der Waals surface area (Å²) in [6.07, 6.45) is -0.386. The molecule has 5 aromatic rings. The Hall–Kier alpha value is -5.08. The van der Waals surface area contributed by atoms with Gasteiger partial charge in [0.1, 0.15) is 28.7 Å². The molecule has 0 aliphatic carbocycles. The standard InChI is InChI=1S/C35H30F5N5O4/c1-18-42-30-25(44(18)3)15-22(35(38,39)40)28-21-6-5-10-45-26(14-19(31(21)45)8-11-49-33(28)30)32(47)20-12-23(36)29(24(37)13-20)43-27(46)7-4-9-41-34(2)16-48-17-34/h4-7,10,12-15,41H,8-9,11,16-17H2,1-3H3,(H,43,46)/b7-4+. The van der Waals surface area contributed by atoms with E-state index in [1.165, 1.54) is 34.9 Å².